The van der Waals surface area contributed by atoms with Crippen LogP contribution < -0.4 is 10.6 Å². The summed E-state index contributed by atoms with van der Waals surface area (Å²) in [6.07, 6.45) is 8.30. The Labute approximate surface area is 249 Å². The smallest absolute Gasteiger partial charge is 0.246 e. The third kappa shape index (κ3) is 5.40. The Bertz CT molecular complexity index is 1200. The van der Waals surface area contributed by atoms with Crippen LogP contribution in [0.25, 0.3) is 0 Å². The first kappa shape index (κ1) is 29.3. The summed E-state index contributed by atoms with van der Waals surface area (Å²) in [5.41, 5.74) is 0.753. The molecule has 4 heterocycles. The Hall–Kier alpha value is -2.75. The second-order valence-corrected chi connectivity index (χ2v) is 13.2. The molecule has 228 valence electrons. The van der Waals surface area contributed by atoms with Crippen LogP contribution in [0.15, 0.2) is 36.4 Å². The van der Waals surface area contributed by atoms with Gasteiger partial charge in [-0.1, -0.05) is 57.9 Å². The van der Waals surface area contributed by atoms with Crippen molar-refractivity contribution in [3.05, 3.63) is 42.0 Å². The van der Waals surface area contributed by atoms with Gasteiger partial charge in [-0.3, -0.25) is 19.3 Å². The van der Waals surface area contributed by atoms with Gasteiger partial charge < -0.3 is 25.0 Å². The summed E-state index contributed by atoms with van der Waals surface area (Å²) in [5, 5.41) is 6.35. The Morgan fingerprint density at radius 1 is 1.05 bits per heavy atom. The molecule has 4 aliphatic heterocycles. The van der Waals surface area contributed by atoms with E-state index in [-0.39, 0.29) is 23.8 Å². The van der Waals surface area contributed by atoms with E-state index in [0.717, 1.165) is 58.5 Å². The highest BCUT2D eigenvalue weighted by Crippen LogP contribution is 2.55. The van der Waals surface area contributed by atoms with Gasteiger partial charge in [0, 0.05) is 37.9 Å². The maximum absolute atomic E-state index is 14.2. The SMILES string of the molecule is CC(C)c1ccc(NC(=O)[C@@H]2[C@@H]3C=C[C@]4(O3)[C@@H]2C(=O)N(CCCN2CCOCC2)[C@H]4C(=O)N[C@H]2CCCC[C@@H]2C)cc1. The van der Waals surface area contributed by atoms with Gasteiger partial charge in [-0.2, -0.15) is 0 Å². The minimum absolute atomic E-state index is 0.0856. The van der Waals surface area contributed by atoms with Gasteiger partial charge in [-0.05, 0) is 48.8 Å². The van der Waals surface area contributed by atoms with Crippen LogP contribution >= 0.6 is 0 Å². The van der Waals surface area contributed by atoms with Crippen molar-refractivity contribution < 1.29 is 23.9 Å². The number of rotatable bonds is 9. The van der Waals surface area contributed by atoms with Gasteiger partial charge in [0.05, 0.1) is 31.2 Å². The summed E-state index contributed by atoms with van der Waals surface area (Å²) in [6.45, 7) is 10.9. The van der Waals surface area contributed by atoms with E-state index < -0.39 is 29.6 Å². The first-order valence-electron chi connectivity index (χ1n) is 16.0. The molecule has 0 unspecified atom stereocenters. The minimum Gasteiger partial charge on any atom is -0.379 e. The van der Waals surface area contributed by atoms with E-state index in [9.17, 15) is 14.4 Å². The lowest BCUT2D eigenvalue weighted by Gasteiger charge is -2.36. The van der Waals surface area contributed by atoms with Crippen molar-refractivity contribution in [1.29, 1.82) is 0 Å². The number of anilines is 1. The molecule has 4 fully saturated rings. The minimum atomic E-state index is -1.13. The number of hydrogen-bond donors (Lipinski definition) is 2. The number of morpholine rings is 1. The molecule has 0 aromatic heterocycles. The van der Waals surface area contributed by atoms with Crippen LogP contribution in [0.4, 0.5) is 5.69 Å². The van der Waals surface area contributed by atoms with Gasteiger partial charge in [0.1, 0.15) is 11.6 Å². The molecule has 6 rings (SSSR count). The topological polar surface area (TPSA) is 100 Å². The molecule has 42 heavy (non-hydrogen) atoms. The Kier molecular flexibility index (Phi) is 8.44. The first-order chi connectivity index (χ1) is 20.3. The van der Waals surface area contributed by atoms with Crippen LogP contribution in [0.3, 0.4) is 0 Å². The lowest BCUT2D eigenvalue weighted by atomic mass is 9.74. The molecule has 5 aliphatic rings. The van der Waals surface area contributed by atoms with E-state index in [0.29, 0.717) is 24.1 Å². The second kappa shape index (κ2) is 12.1. The number of amides is 3. The summed E-state index contributed by atoms with van der Waals surface area (Å²) in [7, 11) is 0. The van der Waals surface area contributed by atoms with Crippen molar-refractivity contribution in [2.24, 2.45) is 17.8 Å². The molecule has 1 saturated carbocycles. The third-order valence-corrected chi connectivity index (χ3v) is 10.2. The number of carbonyl (C=O) groups excluding carboxylic acids is 3. The van der Waals surface area contributed by atoms with Crippen LogP contribution in [0.2, 0.25) is 0 Å². The zero-order valence-corrected chi connectivity index (χ0v) is 25.2. The summed E-state index contributed by atoms with van der Waals surface area (Å²) in [4.78, 5) is 46.2. The number of benzene rings is 1. The average molecular weight is 579 g/mol. The van der Waals surface area contributed by atoms with Crippen LogP contribution in [-0.4, -0.2) is 90.7 Å². The van der Waals surface area contributed by atoms with Gasteiger partial charge >= 0.3 is 0 Å². The van der Waals surface area contributed by atoms with Gasteiger partial charge in [0.2, 0.25) is 17.7 Å². The normalized spacial score (nSPS) is 34.2. The van der Waals surface area contributed by atoms with Gasteiger partial charge in [0.25, 0.3) is 0 Å². The molecule has 1 aliphatic carbocycles. The zero-order chi connectivity index (χ0) is 29.4. The molecule has 3 amide bonds. The molecular formula is C33H46N4O5. The third-order valence-electron chi connectivity index (χ3n) is 10.2. The standard InChI is InChI=1S/C33H46N4O5/c1-21(2)23-9-11-24(12-10-23)34-30(38)27-26-13-14-33(42-26)28(27)32(40)37(16-6-15-36-17-19-41-20-18-36)29(33)31(39)35-25-8-5-4-7-22(25)3/h9-14,21-22,25-29H,4-8,15-20H2,1-3H3,(H,34,38)(H,35,39)/t22-,25-,26-,27+,28-,29-,33-/m0/s1. The fourth-order valence-electron chi connectivity index (χ4n) is 7.77. The predicted octanol–water partition coefficient (Wildman–Crippen LogP) is 3.32. The zero-order valence-electron chi connectivity index (χ0n) is 25.2. The molecule has 1 aromatic rings. The Balaban J connectivity index is 1.23. The summed E-state index contributed by atoms with van der Waals surface area (Å²) in [5.74, 6) is -1.20. The number of likely N-dealkylation sites (tertiary alicyclic amines) is 1. The molecule has 1 aromatic carbocycles. The summed E-state index contributed by atoms with van der Waals surface area (Å²) < 4.78 is 12.0. The van der Waals surface area contributed by atoms with Crippen molar-refractivity contribution in [3.8, 4) is 0 Å². The highest BCUT2D eigenvalue weighted by Gasteiger charge is 2.72. The van der Waals surface area contributed by atoms with E-state index >= 15 is 0 Å². The lowest BCUT2D eigenvalue weighted by molar-refractivity contribution is -0.141. The molecule has 2 bridgehead atoms. The van der Waals surface area contributed by atoms with Gasteiger partial charge in [-0.25, -0.2) is 0 Å². The van der Waals surface area contributed by atoms with Crippen molar-refractivity contribution in [2.75, 3.05) is 44.7 Å². The van der Waals surface area contributed by atoms with Crippen LogP contribution in [0.1, 0.15) is 64.4 Å². The Morgan fingerprint density at radius 3 is 2.50 bits per heavy atom. The number of ether oxygens (including phenoxy) is 2. The fraction of sp³-hybridized carbons (Fsp3) is 0.667. The van der Waals surface area contributed by atoms with Gasteiger partial charge in [0.15, 0.2) is 0 Å². The number of carbonyl (C=O) groups is 3. The van der Waals surface area contributed by atoms with Crippen molar-refractivity contribution in [3.63, 3.8) is 0 Å². The summed E-state index contributed by atoms with van der Waals surface area (Å²) >= 11 is 0. The highest BCUT2D eigenvalue weighted by molar-refractivity contribution is 6.02. The van der Waals surface area contributed by atoms with Crippen LogP contribution in [0.5, 0.6) is 0 Å². The quantitative estimate of drug-likeness (QED) is 0.436. The molecule has 0 radical (unpaired) electrons. The molecular weight excluding hydrogens is 532 g/mol. The summed E-state index contributed by atoms with van der Waals surface area (Å²) in [6, 6.07) is 7.14. The van der Waals surface area contributed by atoms with Crippen molar-refractivity contribution in [1.82, 2.24) is 15.1 Å². The van der Waals surface area contributed by atoms with Crippen LogP contribution in [-0.2, 0) is 23.9 Å². The van der Waals surface area contributed by atoms with E-state index in [2.05, 4.69) is 36.3 Å². The fourth-order valence-corrected chi connectivity index (χ4v) is 7.77. The molecule has 9 nitrogen and oxygen atoms in total. The number of nitrogens with one attached hydrogen (secondary N) is 2. The maximum Gasteiger partial charge on any atom is 0.246 e. The molecule has 7 atom stereocenters. The van der Waals surface area contributed by atoms with E-state index in [1.165, 1.54) is 12.0 Å². The van der Waals surface area contributed by atoms with E-state index in [4.69, 9.17) is 9.47 Å². The average Bonchev–Trinajstić information content (AvgIpc) is 3.62. The van der Waals surface area contributed by atoms with Crippen LogP contribution in [0, 0.1) is 17.8 Å². The van der Waals surface area contributed by atoms with E-state index in [1.54, 1.807) is 4.90 Å². The second-order valence-electron chi connectivity index (χ2n) is 13.2. The molecule has 2 N–H and O–H groups in total. The monoisotopic (exact) mass is 578 g/mol. The molecule has 3 saturated heterocycles. The van der Waals surface area contributed by atoms with Gasteiger partial charge in [-0.15, -0.1) is 0 Å². The highest BCUT2D eigenvalue weighted by atomic mass is 16.5. The lowest BCUT2D eigenvalue weighted by Crippen LogP contribution is -2.57. The van der Waals surface area contributed by atoms with E-state index in [1.807, 2.05) is 36.4 Å². The van der Waals surface area contributed by atoms with Crippen molar-refractivity contribution in [2.45, 2.75) is 82.6 Å². The predicted molar refractivity (Wildman–Crippen MR) is 160 cm³/mol. The van der Waals surface area contributed by atoms with Crippen molar-refractivity contribution >= 4 is 23.4 Å². The number of fused-ring (bicyclic) bond motifs is 1. The number of nitrogens with zero attached hydrogens (tertiary/aromatic N) is 2. The Morgan fingerprint density at radius 2 is 1.79 bits per heavy atom. The largest absolute Gasteiger partial charge is 0.379 e. The molecule has 9 heteroatoms. The molecule has 1 spiro atoms. The number of hydrogen-bond acceptors (Lipinski definition) is 6. The maximum atomic E-state index is 14.2. The first-order valence-corrected chi connectivity index (χ1v) is 16.0.